The molecule has 2 nitrogen and oxygen atoms in total. The van der Waals surface area contributed by atoms with Crippen LogP contribution < -0.4 is 5.32 Å². The van der Waals surface area contributed by atoms with E-state index in [1.807, 2.05) is 0 Å². The van der Waals surface area contributed by atoms with Crippen LogP contribution in [0, 0.1) is 17.8 Å². The van der Waals surface area contributed by atoms with Gasteiger partial charge in [0.2, 0.25) is 0 Å². The van der Waals surface area contributed by atoms with Crippen molar-refractivity contribution in [1.82, 2.24) is 10.2 Å². The summed E-state index contributed by atoms with van der Waals surface area (Å²) in [6.07, 6.45) is 1.38. The van der Waals surface area contributed by atoms with Gasteiger partial charge in [0.1, 0.15) is 0 Å². The highest BCUT2D eigenvalue weighted by Gasteiger charge is 2.21. The monoisotopic (exact) mass is 288 g/mol. The molecule has 1 aromatic rings. The molecule has 2 heteroatoms. The van der Waals surface area contributed by atoms with Crippen LogP contribution in [0.15, 0.2) is 24.3 Å². The topological polar surface area (TPSA) is 15.3 Å². The van der Waals surface area contributed by atoms with Gasteiger partial charge in [0, 0.05) is 26.2 Å². The number of rotatable bonds is 6. The molecule has 21 heavy (non-hydrogen) atoms. The van der Waals surface area contributed by atoms with Crippen molar-refractivity contribution < 1.29 is 0 Å². The lowest BCUT2D eigenvalue weighted by molar-refractivity contribution is 0.134. The second-order valence-electron chi connectivity index (χ2n) is 7.48. The normalized spacial score (nSPS) is 23.7. The van der Waals surface area contributed by atoms with E-state index in [1.165, 1.54) is 30.6 Å². The number of likely N-dealkylation sites (tertiary alicyclic amines) is 1. The van der Waals surface area contributed by atoms with E-state index in [-0.39, 0.29) is 0 Å². The second-order valence-corrected chi connectivity index (χ2v) is 7.48. The number of benzene rings is 1. The fourth-order valence-electron chi connectivity index (χ4n) is 3.52. The highest BCUT2D eigenvalue weighted by Crippen LogP contribution is 2.22. The Hall–Kier alpha value is -0.860. The van der Waals surface area contributed by atoms with E-state index < -0.39 is 0 Å². The third kappa shape index (κ3) is 5.80. The minimum absolute atomic E-state index is 0.713. The highest BCUT2D eigenvalue weighted by atomic mass is 15.1. The fraction of sp³-hybridized carbons (Fsp3) is 0.684. The summed E-state index contributed by atoms with van der Waals surface area (Å²) < 4.78 is 0. The summed E-state index contributed by atoms with van der Waals surface area (Å²) in [5.41, 5.74) is 2.87. The first-order valence-corrected chi connectivity index (χ1v) is 8.53. The maximum atomic E-state index is 3.53. The number of hydrogen-bond donors (Lipinski definition) is 1. The lowest BCUT2D eigenvalue weighted by Crippen LogP contribution is -2.38. The van der Waals surface area contributed by atoms with Crippen LogP contribution in [-0.4, -0.2) is 24.5 Å². The first-order chi connectivity index (χ1) is 10.0. The van der Waals surface area contributed by atoms with Gasteiger partial charge in [0.15, 0.2) is 0 Å². The Labute approximate surface area is 130 Å². The Bertz CT molecular complexity index is 417. The van der Waals surface area contributed by atoms with Crippen molar-refractivity contribution in [3.05, 3.63) is 35.4 Å². The average molecular weight is 288 g/mol. The molecular formula is C19H32N2. The SMILES string of the molecule is CC(C)CNCc1cccc(CN2CC(C)CC(C)C2)c1. The van der Waals surface area contributed by atoms with Gasteiger partial charge < -0.3 is 5.32 Å². The third-order valence-electron chi connectivity index (χ3n) is 4.22. The van der Waals surface area contributed by atoms with E-state index in [9.17, 15) is 0 Å². The summed E-state index contributed by atoms with van der Waals surface area (Å²) in [4.78, 5) is 2.62. The number of nitrogens with one attached hydrogen (secondary N) is 1. The quantitative estimate of drug-likeness (QED) is 0.854. The summed E-state index contributed by atoms with van der Waals surface area (Å²) >= 11 is 0. The summed E-state index contributed by atoms with van der Waals surface area (Å²) in [6, 6.07) is 9.09. The van der Waals surface area contributed by atoms with Crippen molar-refractivity contribution in [3.8, 4) is 0 Å². The van der Waals surface area contributed by atoms with Crippen LogP contribution in [0.1, 0.15) is 45.2 Å². The lowest BCUT2D eigenvalue weighted by Gasteiger charge is -2.35. The van der Waals surface area contributed by atoms with E-state index in [4.69, 9.17) is 0 Å². The molecule has 2 atom stereocenters. The highest BCUT2D eigenvalue weighted by molar-refractivity contribution is 5.23. The van der Waals surface area contributed by atoms with Crippen LogP contribution in [0.3, 0.4) is 0 Å². The van der Waals surface area contributed by atoms with E-state index in [0.29, 0.717) is 5.92 Å². The molecule has 0 aliphatic carbocycles. The lowest BCUT2D eigenvalue weighted by atomic mass is 9.91. The average Bonchev–Trinajstić information content (AvgIpc) is 2.37. The zero-order valence-corrected chi connectivity index (χ0v) is 14.2. The van der Waals surface area contributed by atoms with Gasteiger partial charge in [-0.15, -0.1) is 0 Å². The van der Waals surface area contributed by atoms with Gasteiger partial charge in [-0.1, -0.05) is 52.0 Å². The van der Waals surface area contributed by atoms with Crippen LogP contribution in [0.5, 0.6) is 0 Å². The van der Waals surface area contributed by atoms with Gasteiger partial charge >= 0.3 is 0 Å². The Morgan fingerprint density at radius 3 is 2.48 bits per heavy atom. The molecule has 118 valence electrons. The molecule has 0 radical (unpaired) electrons. The fourth-order valence-corrected chi connectivity index (χ4v) is 3.52. The molecule has 2 unspecified atom stereocenters. The van der Waals surface area contributed by atoms with Crippen molar-refractivity contribution in [2.24, 2.45) is 17.8 Å². The van der Waals surface area contributed by atoms with E-state index >= 15 is 0 Å². The summed E-state index contributed by atoms with van der Waals surface area (Å²) in [7, 11) is 0. The largest absolute Gasteiger partial charge is 0.312 e. The maximum absolute atomic E-state index is 3.53. The summed E-state index contributed by atoms with van der Waals surface area (Å²) in [5.74, 6) is 2.39. The molecule has 0 bridgehead atoms. The molecule has 1 aromatic carbocycles. The summed E-state index contributed by atoms with van der Waals surface area (Å²) in [6.45, 7) is 14.9. The number of hydrogen-bond acceptors (Lipinski definition) is 2. The Morgan fingerprint density at radius 1 is 1.14 bits per heavy atom. The zero-order chi connectivity index (χ0) is 15.2. The maximum Gasteiger partial charge on any atom is 0.0234 e. The minimum atomic E-state index is 0.713. The Balaban J connectivity index is 1.88. The molecule has 1 fully saturated rings. The summed E-state index contributed by atoms with van der Waals surface area (Å²) in [5, 5.41) is 3.53. The van der Waals surface area contributed by atoms with Crippen molar-refractivity contribution in [1.29, 1.82) is 0 Å². The molecular weight excluding hydrogens is 256 g/mol. The predicted octanol–water partition coefficient (Wildman–Crippen LogP) is 3.91. The zero-order valence-electron chi connectivity index (χ0n) is 14.2. The van der Waals surface area contributed by atoms with Gasteiger partial charge in [-0.2, -0.15) is 0 Å². The molecule has 1 heterocycles. The van der Waals surface area contributed by atoms with Gasteiger partial charge in [0.25, 0.3) is 0 Å². The molecule has 2 rings (SSSR count). The first-order valence-electron chi connectivity index (χ1n) is 8.53. The van der Waals surface area contributed by atoms with Gasteiger partial charge in [-0.05, 0) is 41.8 Å². The predicted molar refractivity (Wildman–Crippen MR) is 91.2 cm³/mol. The Morgan fingerprint density at radius 2 is 1.81 bits per heavy atom. The van der Waals surface area contributed by atoms with Crippen LogP contribution in [0.2, 0.25) is 0 Å². The molecule has 0 saturated carbocycles. The van der Waals surface area contributed by atoms with Crippen molar-refractivity contribution in [3.63, 3.8) is 0 Å². The minimum Gasteiger partial charge on any atom is -0.312 e. The molecule has 0 amide bonds. The van der Waals surface area contributed by atoms with Crippen LogP contribution in [-0.2, 0) is 13.1 Å². The van der Waals surface area contributed by atoms with Crippen LogP contribution >= 0.6 is 0 Å². The second kappa shape index (κ2) is 7.95. The van der Waals surface area contributed by atoms with Crippen molar-refractivity contribution in [2.75, 3.05) is 19.6 Å². The van der Waals surface area contributed by atoms with E-state index in [0.717, 1.165) is 31.5 Å². The number of nitrogens with zero attached hydrogens (tertiary/aromatic N) is 1. The standard InChI is InChI=1S/C19H32N2/c1-15(2)10-20-11-18-6-5-7-19(9-18)14-21-12-16(3)8-17(4)13-21/h5-7,9,15-17,20H,8,10-14H2,1-4H3. The van der Waals surface area contributed by atoms with Gasteiger partial charge in [-0.25, -0.2) is 0 Å². The van der Waals surface area contributed by atoms with Gasteiger partial charge in [0.05, 0.1) is 0 Å². The molecule has 0 spiro atoms. The van der Waals surface area contributed by atoms with Gasteiger partial charge in [-0.3, -0.25) is 4.90 Å². The number of piperidine rings is 1. The molecule has 0 aromatic heterocycles. The van der Waals surface area contributed by atoms with Crippen LogP contribution in [0.25, 0.3) is 0 Å². The molecule has 1 N–H and O–H groups in total. The van der Waals surface area contributed by atoms with E-state index in [2.05, 4.69) is 62.2 Å². The van der Waals surface area contributed by atoms with Crippen molar-refractivity contribution in [2.45, 2.75) is 47.2 Å². The molecule has 1 saturated heterocycles. The molecule has 1 aliphatic heterocycles. The third-order valence-corrected chi connectivity index (χ3v) is 4.22. The Kier molecular flexibility index (Phi) is 6.25. The smallest absolute Gasteiger partial charge is 0.0234 e. The van der Waals surface area contributed by atoms with E-state index in [1.54, 1.807) is 0 Å². The molecule has 1 aliphatic rings. The van der Waals surface area contributed by atoms with Crippen molar-refractivity contribution >= 4 is 0 Å². The van der Waals surface area contributed by atoms with Crippen LogP contribution in [0.4, 0.5) is 0 Å². The first kappa shape index (κ1) is 16.5.